The number of nitrogens with zero attached hydrogens (tertiary/aromatic N) is 2. The lowest BCUT2D eigenvalue weighted by Gasteiger charge is -2.17. The number of aryl methyl sites for hydroxylation is 5. The van der Waals surface area contributed by atoms with Gasteiger partial charge in [-0.05, 0) is 61.4 Å². The van der Waals surface area contributed by atoms with Crippen molar-refractivity contribution < 1.29 is 17.7 Å². The van der Waals surface area contributed by atoms with E-state index in [0.717, 1.165) is 44.0 Å². The fraction of sp³-hybridized carbons (Fsp3) is 0.222. The lowest BCUT2D eigenvalue weighted by Crippen LogP contribution is -2.29. The van der Waals surface area contributed by atoms with Gasteiger partial charge in [-0.15, -0.1) is 0 Å². The molecule has 0 radical (unpaired) electrons. The zero-order chi connectivity index (χ0) is 22.7. The fourth-order valence-electron chi connectivity index (χ4n) is 5.68. The van der Waals surface area contributed by atoms with E-state index in [1.165, 1.54) is 11.6 Å². The average molecular weight is 431 g/mol. The van der Waals surface area contributed by atoms with Crippen molar-refractivity contribution in [1.29, 1.82) is 0 Å². The van der Waals surface area contributed by atoms with Gasteiger partial charge in [0, 0.05) is 16.8 Å². The Morgan fingerprint density at radius 3 is 2.25 bits per heavy atom. The van der Waals surface area contributed by atoms with Crippen LogP contribution in [0.1, 0.15) is 27.8 Å². The average Bonchev–Trinajstić information content (AvgIpc) is 3.07. The normalized spacial score (nSPS) is 13.0. The Hall–Kier alpha value is -3.34. The second-order valence-corrected chi connectivity index (χ2v) is 9.05. The molecule has 0 fully saturated rings. The van der Waals surface area contributed by atoms with Crippen LogP contribution in [-0.4, -0.2) is 4.40 Å². The standard InChI is InChI=1S/C27H22F3N2/c1-13-7-6-8-18-22-19(27(28,29)30)12-17-9-10-31(5)25-20-16(4)14(2)11-15(3)24(20)32(23(13)18)26(22)21(17)25/h6-12H,1-5H3/q+1. The minimum atomic E-state index is -4.45. The van der Waals surface area contributed by atoms with Crippen molar-refractivity contribution in [3.63, 3.8) is 0 Å². The predicted molar refractivity (Wildman–Crippen MR) is 124 cm³/mol. The molecular weight excluding hydrogens is 409 g/mol. The number of hydrogen-bond donors (Lipinski definition) is 0. The molecule has 3 heterocycles. The molecule has 3 aromatic heterocycles. The molecule has 0 N–H and O–H groups in total. The second kappa shape index (κ2) is 5.91. The van der Waals surface area contributed by atoms with E-state index in [-0.39, 0.29) is 0 Å². The zero-order valence-corrected chi connectivity index (χ0v) is 18.6. The first-order valence-electron chi connectivity index (χ1n) is 10.7. The van der Waals surface area contributed by atoms with E-state index < -0.39 is 11.7 Å². The van der Waals surface area contributed by atoms with Crippen LogP contribution in [0.2, 0.25) is 0 Å². The quantitative estimate of drug-likeness (QED) is 0.138. The Kier molecular flexibility index (Phi) is 3.58. The van der Waals surface area contributed by atoms with E-state index in [2.05, 4.69) is 31.2 Å². The summed E-state index contributed by atoms with van der Waals surface area (Å²) in [6, 6.07) is 10.9. The molecule has 0 aliphatic carbocycles. The van der Waals surface area contributed by atoms with Crippen LogP contribution in [0.5, 0.6) is 0 Å². The summed E-state index contributed by atoms with van der Waals surface area (Å²) in [5.74, 6) is 0. The maximum atomic E-state index is 14.4. The first-order valence-corrected chi connectivity index (χ1v) is 10.7. The van der Waals surface area contributed by atoms with E-state index in [9.17, 15) is 13.2 Å². The van der Waals surface area contributed by atoms with Crippen molar-refractivity contribution in [3.8, 4) is 0 Å². The molecule has 160 valence electrons. The molecule has 0 spiro atoms. The van der Waals surface area contributed by atoms with Crippen LogP contribution < -0.4 is 4.57 Å². The topological polar surface area (TPSA) is 8.29 Å². The van der Waals surface area contributed by atoms with Gasteiger partial charge in [0.15, 0.2) is 6.20 Å². The molecule has 6 aromatic rings. The summed E-state index contributed by atoms with van der Waals surface area (Å²) in [5, 5.41) is 3.54. The van der Waals surface area contributed by atoms with Gasteiger partial charge in [-0.2, -0.15) is 13.2 Å². The Labute approximate surface area is 182 Å². The van der Waals surface area contributed by atoms with Crippen molar-refractivity contribution in [2.24, 2.45) is 7.05 Å². The molecule has 0 aliphatic heterocycles. The Balaban J connectivity index is 2.17. The smallest absolute Gasteiger partial charge is 0.307 e. The minimum absolute atomic E-state index is 0.291. The van der Waals surface area contributed by atoms with E-state index in [1.807, 2.05) is 42.9 Å². The van der Waals surface area contributed by atoms with Crippen LogP contribution in [0.4, 0.5) is 13.2 Å². The highest BCUT2D eigenvalue weighted by Gasteiger charge is 2.37. The van der Waals surface area contributed by atoms with Gasteiger partial charge in [-0.1, -0.05) is 24.3 Å². The van der Waals surface area contributed by atoms with Crippen molar-refractivity contribution in [3.05, 3.63) is 70.4 Å². The van der Waals surface area contributed by atoms with Crippen molar-refractivity contribution in [1.82, 2.24) is 4.40 Å². The highest BCUT2D eigenvalue weighted by molar-refractivity contribution is 6.28. The molecular formula is C27H22F3N2+. The summed E-state index contributed by atoms with van der Waals surface area (Å²) in [5.41, 5.74) is 7.26. The monoisotopic (exact) mass is 431 g/mol. The summed E-state index contributed by atoms with van der Waals surface area (Å²) >= 11 is 0. The summed E-state index contributed by atoms with van der Waals surface area (Å²) in [6.45, 7) is 8.24. The molecule has 0 aliphatic rings. The number of alkyl halides is 3. The molecule has 2 nitrogen and oxygen atoms in total. The van der Waals surface area contributed by atoms with Gasteiger partial charge in [0.1, 0.15) is 7.05 Å². The van der Waals surface area contributed by atoms with Crippen molar-refractivity contribution in [2.45, 2.75) is 33.9 Å². The first kappa shape index (κ1) is 19.4. The number of halogens is 3. The second-order valence-electron chi connectivity index (χ2n) is 9.05. The summed E-state index contributed by atoms with van der Waals surface area (Å²) in [4.78, 5) is 0. The van der Waals surface area contributed by atoms with Crippen molar-refractivity contribution >= 4 is 49.0 Å². The minimum Gasteiger partial charge on any atom is -0.307 e. The molecule has 3 aromatic carbocycles. The van der Waals surface area contributed by atoms with E-state index in [1.54, 1.807) is 6.07 Å². The summed E-state index contributed by atoms with van der Waals surface area (Å²) in [6.07, 6.45) is -2.58. The van der Waals surface area contributed by atoms with Crippen LogP contribution in [0.3, 0.4) is 0 Å². The molecule has 0 saturated heterocycles. The van der Waals surface area contributed by atoms with E-state index in [4.69, 9.17) is 0 Å². The van der Waals surface area contributed by atoms with Gasteiger partial charge < -0.3 is 4.40 Å². The molecule has 0 saturated carbocycles. The third kappa shape index (κ3) is 2.18. The zero-order valence-electron chi connectivity index (χ0n) is 18.6. The van der Waals surface area contributed by atoms with Gasteiger partial charge in [0.2, 0.25) is 5.52 Å². The molecule has 5 heteroatoms. The molecule has 0 bridgehead atoms. The Bertz CT molecular complexity index is 1750. The number of hydrogen-bond acceptors (Lipinski definition) is 0. The maximum absolute atomic E-state index is 14.4. The van der Waals surface area contributed by atoms with Gasteiger partial charge in [0.25, 0.3) is 0 Å². The third-order valence-electron chi connectivity index (χ3n) is 7.13. The van der Waals surface area contributed by atoms with Gasteiger partial charge in [-0.3, -0.25) is 0 Å². The van der Waals surface area contributed by atoms with Gasteiger partial charge in [-0.25, -0.2) is 4.57 Å². The molecule has 0 unspecified atom stereocenters. The number of rotatable bonds is 0. The summed E-state index contributed by atoms with van der Waals surface area (Å²) in [7, 11) is 1.97. The van der Waals surface area contributed by atoms with Crippen LogP contribution in [0.15, 0.2) is 42.6 Å². The number of benzene rings is 3. The number of fused-ring (bicyclic) bond motifs is 6. The molecule has 32 heavy (non-hydrogen) atoms. The number of para-hydroxylation sites is 1. The SMILES string of the molecule is Cc1cc(C)c2c(c1C)c1c3c(cc[n+]1C)cc(C(F)(F)F)c1c4cccc(C)c4n2c13. The van der Waals surface area contributed by atoms with Gasteiger partial charge in [0.05, 0.1) is 32.9 Å². The van der Waals surface area contributed by atoms with Gasteiger partial charge >= 0.3 is 6.18 Å². The maximum Gasteiger partial charge on any atom is 0.417 e. The van der Waals surface area contributed by atoms with Crippen LogP contribution in [-0.2, 0) is 13.2 Å². The highest BCUT2D eigenvalue weighted by atomic mass is 19.4. The van der Waals surface area contributed by atoms with Crippen LogP contribution >= 0.6 is 0 Å². The number of aromatic nitrogens is 2. The Morgan fingerprint density at radius 2 is 1.53 bits per heavy atom. The third-order valence-corrected chi connectivity index (χ3v) is 7.13. The Morgan fingerprint density at radius 1 is 0.781 bits per heavy atom. The summed E-state index contributed by atoms with van der Waals surface area (Å²) < 4.78 is 47.2. The predicted octanol–water partition coefficient (Wildman–Crippen LogP) is 7.07. The number of pyridine rings is 2. The molecule has 6 rings (SSSR count). The first-order chi connectivity index (χ1) is 15.1. The van der Waals surface area contributed by atoms with E-state index in [0.29, 0.717) is 21.7 Å². The lowest BCUT2D eigenvalue weighted by atomic mass is 9.94. The molecule has 0 atom stereocenters. The van der Waals surface area contributed by atoms with Crippen LogP contribution in [0.25, 0.3) is 49.0 Å². The highest BCUT2D eigenvalue weighted by Crippen LogP contribution is 2.47. The largest absolute Gasteiger partial charge is 0.417 e. The fourth-order valence-corrected chi connectivity index (χ4v) is 5.68. The lowest BCUT2D eigenvalue weighted by molar-refractivity contribution is -0.643. The van der Waals surface area contributed by atoms with Crippen molar-refractivity contribution in [2.75, 3.05) is 0 Å². The molecule has 0 amide bonds. The van der Waals surface area contributed by atoms with Crippen LogP contribution in [0, 0.1) is 27.7 Å². The van der Waals surface area contributed by atoms with E-state index >= 15 is 0 Å².